The van der Waals surface area contributed by atoms with E-state index in [0.717, 1.165) is 31.5 Å². The third-order valence-electron chi connectivity index (χ3n) is 4.96. The molecule has 0 bridgehead atoms. The van der Waals surface area contributed by atoms with E-state index in [1.807, 2.05) is 0 Å². The number of carbonyl (C=O) groups excluding carboxylic acids is 1. The van der Waals surface area contributed by atoms with E-state index >= 15 is 0 Å². The molecule has 3 heteroatoms. The lowest BCUT2D eigenvalue weighted by molar-refractivity contribution is -0.125. The quantitative estimate of drug-likeness (QED) is 0.805. The Morgan fingerprint density at radius 1 is 1.17 bits per heavy atom. The van der Waals surface area contributed by atoms with Crippen LogP contribution in [0.15, 0.2) is 0 Å². The summed E-state index contributed by atoms with van der Waals surface area (Å²) in [5.74, 6) is 2.61. The first kappa shape index (κ1) is 13.9. The molecule has 1 heterocycles. The predicted molar refractivity (Wildman–Crippen MR) is 74.3 cm³/mol. The summed E-state index contributed by atoms with van der Waals surface area (Å²) < 4.78 is 0. The molecule has 2 aliphatic rings. The monoisotopic (exact) mass is 252 g/mol. The van der Waals surface area contributed by atoms with Gasteiger partial charge in [0.15, 0.2) is 0 Å². The van der Waals surface area contributed by atoms with Gasteiger partial charge in [0.2, 0.25) is 5.91 Å². The summed E-state index contributed by atoms with van der Waals surface area (Å²) in [4.78, 5) is 12.1. The van der Waals surface area contributed by atoms with Gasteiger partial charge in [0.1, 0.15) is 0 Å². The molecular weight excluding hydrogens is 224 g/mol. The topological polar surface area (TPSA) is 41.1 Å². The second kappa shape index (κ2) is 6.55. The van der Waals surface area contributed by atoms with Gasteiger partial charge in [0.25, 0.3) is 0 Å². The van der Waals surface area contributed by atoms with E-state index in [1.165, 1.54) is 32.1 Å². The minimum atomic E-state index is 0.192. The first-order valence-electron chi connectivity index (χ1n) is 7.69. The lowest BCUT2D eigenvalue weighted by Crippen LogP contribution is -2.38. The van der Waals surface area contributed by atoms with Crippen LogP contribution in [0, 0.1) is 23.7 Å². The largest absolute Gasteiger partial charge is 0.356 e. The average Bonchev–Trinajstić information content (AvgIpc) is 2.83. The Bertz CT molecular complexity index is 272. The molecule has 104 valence electrons. The second-order valence-corrected chi connectivity index (χ2v) is 6.28. The highest BCUT2D eigenvalue weighted by atomic mass is 16.1. The van der Waals surface area contributed by atoms with Crippen LogP contribution < -0.4 is 10.6 Å². The molecule has 2 rings (SSSR count). The van der Waals surface area contributed by atoms with E-state index in [1.54, 1.807) is 0 Å². The minimum Gasteiger partial charge on any atom is -0.356 e. The highest BCUT2D eigenvalue weighted by molar-refractivity contribution is 5.79. The zero-order chi connectivity index (χ0) is 13.0. The van der Waals surface area contributed by atoms with Crippen LogP contribution in [0.3, 0.4) is 0 Å². The van der Waals surface area contributed by atoms with Gasteiger partial charge in [-0.15, -0.1) is 0 Å². The smallest absolute Gasteiger partial charge is 0.224 e. The summed E-state index contributed by atoms with van der Waals surface area (Å²) in [7, 11) is 0. The SMILES string of the molecule is CCC1CCC(CNC(=O)[C@@H]2CNC[C@H]2C)CC1. The van der Waals surface area contributed by atoms with E-state index in [0.29, 0.717) is 5.92 Å². The third-order valence-corrected chi connectivity index (χ3v) is 4.96. The highest BCUT2D eigenvalue weighted by Crippen LogP contribution is 2.30. The fourth-order valence-corrected chi connectivity index (χ4v) is 3.38. The molecule has 3 nitrogen and oxygen atoms in total. The first-order valence-corrected chi connectivity index (χ1v) is 7.69. The molecule has 18 heavy (non-hydrogen) atoms. The van der Waals surface area contributed by atoms with Crippen molar-refractivity contribution in [3.63, 3.8) is 0 Å². The van der Waals surface area contributed by atoms with Crippen LogP contribution >= 0.6 is 0 Å². The van der Waals surface area contributed by atoms with Crippen LogP contribution in [0.2, 0.25) is 0 Å². The van der Waals surface area contributed by atoms with Crippen molar-refractivity contribution in [1.29, 1.82) is 0 Å². The average molecular weight is 252 g/mol. The molecule has 2 N–H and O–H groups in total. The Balaban J connectivity index is 1.67. The molecule has 0 radical (unpaired) electrons. The van der Waals surface area contributed by atoms with Crippen molar-refractivity contribution in [2.45, 2.75) is 46.0 Å². The molecular formula is C15H28N2O. The van der Waals surface area contributed by atoms with Gasteiger partial charge >= 0.3 is 0 Å². The summed E-state index contributed by atoms with van der Waals surface area (Å²) >= 11 is 0. The van der Waals surface area contributed by atoms with Gasteiger partial charge in [0, 0.05) is 13.1 Å². The van der Waals surface area contributed by atoms with E-state index < -0.39 is 0 Å². The van der Waals surface area contributed by atoms with E-state index in [-0.39, 0.29) is 11.8 Å². The van der Waals surface area contributed by atoms with Gasteiger partial charge < -0.3 is 10.6 Å². The van der Waals surface area contributed by atoms with Gasteiger partial charge in [-0.1, -0.05) is 33.1 Å². The van der Waals surface area contributed by atoms with E-state index in [2.05, 4.69) is 24.5 Å². The highest BCUT2D eigenvalue weighted by Gasteiger charge is 2.30. The maximum atomic E-state index is 12.1. The molecule has 2 atom stereocenters. The predicted octanol–water partition coefficient (Wildman–Crippen LogP) is 2.17. The van der Waals surface area contributed by atoms with Gasteiger partial charge in [-0.25, -0.2) is 0 Å². The third kappa shape index (κ3) is 3.47. The zero-order valence-electron chi connectivity index (χ0n) is 11.9. The van der Waals surface area contributed by atoms with Crippen LogP contribution in [0.5, 0.6) is 0 Å². The molecule has 1 saturated heterocycles. The Kier molecular flexibility index (Phi) is 5.04. The zero-order valence-corrected chi connectivity index (χ0v) is 11.9. The van der Waals surface area contributed by atoms with Crippen molar-refractivity contribution < 1.29 is 4.79 Å². The van der Waals surface area contributed by atoms with Crippen molar-refractivity contribution in [1.82, 2.24) is 10.6 Å². The van der Waals surface area contributed by atoms with Crippen LogP contribution in [0.4, 0.5) is 0 Å². The Morgan fingerprint density at radius 2 is 1.83 bits per heavy atom. The van der Waals surface area contributed by atoms with Crippen LogP contribution in [0.1, 0.15) is 46.0 Å². The normalized spacial score (nSPS) is 36.6. The Morgan fingerprint density at radius 3 is 2.39 bits per heavy atom. The van der Waals surface area contributed by atoms with Crippen molar-refractivity contribution in [3.8, 4) is 0 Å². The lowest BCUT2D eigenvalue weighted by Gasteiger charge is -2.28. The molecule has 0 aromatic heterocycles. The fraction of sp³-hybridized carbons (Fsp3) is 0.933. The van der Waals surface area contributed by atoms with Gasteiger partial charge in [-0.05, 0) is 37.1 Å². The van der Waals surface area contributed by atoms with Gasteiger partial charge in [-0.3, -0.25) is 4.79 Å². The number of nitrogens with one attached hydrogen (secondary N) is 2. The molecule has 0 unspecified atom stereocenters. The van der Waals surface area contributed by atoms with Gasteiger partial charge in [0.05, 0.1) is 5.92 Å². The lowest BCUT2D eigenvalue weighted by atomic mass is 9.81. The molecule has 1 aliphatic carbocycles. The maximum Gasteiger partial charge on any atom is 0.224 e. The number of rotatable bonds is 4. The molecule has 1 amide bonds. The van der Waals surface area contributed by atoms with Crippen molar-refractivity contribution in [2.24, 2.45) is 23.7 Å². The summed E-state index contributed by atoms with van der Waals surface area (Å²) in [6, 6.07) is 0. The summed E-state index contributed by atoms with van der Waals surface area (Å²) in [5.41, 5.74) is 0. The number of carbonyl (C=O) groups is 1. The number of hydrogen-bond acceptors (Lipinski definition) is 2. The standard InChI is InChI=1S/C15H28N2O/c1-3-12-4-6-13(7-5-12)9-17-15(18)14-10-16-8-11(14)2/h11-14,16H,3-10H2,1-2H3,(H,17,18)/t11-,12?,13?,14-/m1/s1. The van der Waals surface area contributed by atoms with Crippen molar-refractivity contribution in [3.05, 3.63) is 0 Å². The minimum absolute atomic E-state index is 0.192. The fourth-order valence-electron chi connectivity index (χ4n) is 3.38. The van der Waals surface area contributed by atoms with Crippen molar-refractivity contribution >= 4 is 5.91 Å². The van der Waals surface area contributed by atoms with Gasteiger partial charge in [-0.2, -0.15) is 0 Å². The maximum absolute atomic E-state index is 12.1. The van der Waals surface area contributed by atoms with Crippen LogP contribution in [0.25, 0.3) is 0 Å². The first-order chi connectivity index (χ1) is 8.70. The second-order valence-electron chi connectivity index (χ2n) is 6.28. The number of amides is 1. The number of hydrogen-bond donors (Lipinski definition) is 2. The molecule has 0 aromatic carbocycles. The molecule has 1 saturated carbocycles. The summed E-state index contributed by atoms with van der Waals surface area (Å²) in [6.07, 6.45) is 6.65. The van der Waals surface area contributed by atoms with E-state index in [9.17, 15) is 4.79 Å². The van der Waals surface area contributed by atoms with Crippen molar-refractivity contribution in [2.75, 3.05) is 19.6 Å². The van der Waals surface area contributed by atoms with Crippen LogP contribution in [-0.2, 0) is 4.79 Å². The molecule has 1 aliphatic heterocycles. The summed E-state index contributed by atoms with van der Waals surface area (Å²) in [6.45, 7) is 7.20. The molecule has 2 fully saturated rings. The Labute approximate surface area is 111 Å². The van der Waals surface area contributed by atoms with Crippen LogP contribution in [-0.4, -0.2) is 25.5 Å². The van der Waals surface area contributed by atoms with E-state index in [4.69, 9.17) is 0 Å². The molecule has 0 spiro atoms. The summed E-state index contributed by atoms with van der Waals surface area (Å²) in [5, 5.41) is 6.47. The Hall–Kier alpha value is -0.570. The molecule has 0 aromatic rings.